The Morgan fingerprint density at radius 2 is 1.43 bits per heavy atom. The van der Waals surface area contributed by atoms with E-state index in [4.69, 9.17) is 24.7 Å². The van der Waals surface area contributed by atoms with Crippen LogP contribution in [0, 0.1) is 10.7 Å². The van der Waals surface area contributed by atoms with Crippen molar-refractivity contribution < 1.29 is 47.7 Å². The zero-order valence-corrected chi connectivity index (χ0v) is 37.4. The second kappa shape index (κ2) is 17.6. The van der Waals surface area contributed by atoms with E-state index in [1.165, 1.54) is 27.7 Å². The van der Waals surface area contributed by atoms with Gasteiger partial charge >= 0.3 is 23.9 Å². The van der Waals surface area contributed by atoms with Gasteiger partial charge in [0.15, 0.2) is 17.1 Å². The summed E-state index contributed by atoms with van der Waals surface area (Å²) in [4.78, 5) is 78.1. The summed E-state index contributed by atoms with van der Waals surface area (Å²) in [6, 6.07) is 3.38. The van der Waals surface area contributed by atoms with Gasteiger partial charge in [0, 0.05) is 40.2 Å². The Balaban J connectivity index is 2.74. The molecule has 1 aliphatic carbocycles. The summed E-state index contributed by atoms with van der Waals surface area (Å²) in [7, 11) is 0. The third-order valence-corrected chi connectivity index (χ3v) is 13.9. The summed E-state index contributed by atoms with van der Waals surface area (Å²) in [5.41, 5.74) is 4.83. The molecule has 0 heterocycles. The van der Waals surface area contributed by atoms with Crippen LogP contribution in [0.5, 0.6) is 0 Å². The summed E-state index contributed by atoms with van der Waals surface area (Å²) < 4.78 is 23.4. The number of ketones is 2. The minimum atomic E-state index is -2.13. The van der Waals surface area contributed by atoms with Gasteiger partial charge in [-0.15, -0.1) is 0 Å². The highest BCUT2D eigenvalue weighted by molar-refractivity contribution is 14.1. The van der Waals surface area contributed by atoms with Crippen LogP contribution in [0.4, 0.5) is 0 Å². The van der Waals surface area contributed by atoms with Gasteiger partial charge < -0.3 is 24.7 Å². The third-order valence-electron chi connectivity index (χ3n) is 6.06. The molecule has 2 N–H and O–H groups in total. The molecule has 1 aromatic rings. The van der Waals surface area contributed by atoms with Crippen LogP contribution in [0.15, 0.2) is 54.7 Å². The maximum atomic E-state index is 14.1. The van der Waals surface area contributed by atoms with Crippen LogP contribution in [0.1, 0.15) is 38.1 Å². The van der Waals surface area contributed by atoms with Gasteiger partial charge in [0.1, 0.15) is 6.61 Å². The summed E-state index contributed by atoms with van der Waals surface area (Å²) in [6.45, 7) is 11.6. The smallest absolute Gasteiger partial charge is 0.342 e. The van der Waals surface area contributed by atoms with Gasteiger partial charge in [-0.3, -0.25) is 9.59 Å². The van der Waals surface area contributed by atoms with Crippen LogP contribution in [-0.2, 0) is 42.9 Å². The van der Waals surface area contributed by atoms with Crippen LogP contribution >= 0.6 is 136 Å². The topological polar surface area (TPSA) is 165 Å². The van der Waals surface area contributed by atoms with Crippen LogP contribution < -0.4 is 5.73 Å². The first-order valence-corrected chi connectivity index (χ1v) is 19.3. The van der Waals surface area contributed by atoms with Crippen LogP contribution in [0.2, 0.25) is 0 Å². The van der Waals surface area contributed by atoms with Crippen molar-refractivity contribution in [3.63, 3.8) is 0 Å². The Hall–Kier alpha value is -0.260. The molecule has 17 heteroatoms. The van der Waals surface area contributed by atoms with E-state index in [1.807, 2.05) is 119 Å². The molecular formula is C29H25I6NO10. The lowest BCUT2D eigenvalue weighted by Gasteiger charge is -2.39. The average molecular weight is 1310 g/mol. The maximum Gasteiger partial charge on any atom is 0.342 e. The minimum absolute atomic E-state index is 0.0176. The van der Waals surface area contributed by atoms with Crippen molar-refractivity contribution in [3.05, 3.63) is 71.0 Å². The lowest BCUT2D eigenvalue weighted by molar-refractivity contribution is -0.206. The molecule has 0 saturated heterocycles. The number of halogens is 6. The van der Waals surface area contributed by atoms with E-state index in [0.717, 1.165) is 3.57 Å². The van der Waals surface area contributed by atoms with Crippen molar-refractivity contribution in [3.8, 4) is 0 Å². The number of rotatable bonds is 12. The fraction of sp³-hybridized carbons (Fsp3) is 0.310. The van der Waals surface area contributed by atoms with E-state index in [0.29, 0.717) is 10.7 Å². The number of esters is 4. The Kier molecular flexibility index (Phi) is 16.0. The molecule has 0 aromatic heterocycles. The summed E-state index contributed by atoms with van der Waals surface area (Å²) in [5, 5.41) is 0. The quantitative estimate of drug-likeness (QED) is 0.0482. The van der Waals surface area contributed by atoms with Gasteiger partial charge in [0.25, 0.3) is 6.29 Å². The van der Waals surface area contributed by atoms with Crippen molar-refractivity contribution >= 4 is 171 Å². The van der Waals surface area contributed by atoms with Crippen LogP contribution in [0.3, 0.4) is 0 Å². The van der Waals surface area contributed by atoms with Gasteiger partial charge in [0.2, 0.25) is 6.10 Å². The molecule has 0 amide bonds. The number of carbonyl (C=O) groups is 6. The zero-order valence-electron chi connectivity index (χ0n) is 24.4. The molecule has 0 aliphatic heterocycles. The second-order valence-electron chi connectivity index (χ2n) is 9.79. The highest BCUT2D eigenvalue weighted by Crippen LogP contribution is 2.47. The summed E-state index contributed by atoms with van der Waals surface area (Å²) >= 11 is 11.5. The van der Waals surface area contributed by atoms with Crippen molar-refractivity contribution in [2.45, 2.75) is 49.6 Å². The molecule has 0 saturated carbocycles. The zero-order chi connectivity index (χ0) is 35.4. The first-order valence-electron chi connectivity index (χ1n) is 12.7. The van der Waals surface area contributed by atoms with Gasteiger partial charge in [-0.05, 0) is 153 Å². The SMILES string of the molecule is C=C(C)C(=O)OCC(OC(=O)C(=C)C)C(OC(=O)c1cc(I)cc(I)c1I)OC(=O)C1(N)C(I)=C(C(C)=O)C(I)=C(C(C)=O)C1I. The van der Waals surface area contributed by atoms with E-state index in [9.17, 15) is 28.8 Å². The van der Waals surface area contributed by atoms with Crippen molar-refractivity contribution in [1.29, 1.82) is 0 Å². The average Bonchev–Trinajstić information content (AvgIpc) is 2.94. The summed E-state index contributed by atoms with van der Waals surface area (Å²) in [5.74, 6) is -4.90. The standard InChI is InChI=1S/C29H25I6NO10/c1-10(2)24(39)43-9-17(44-25(40)11(3)4)27(45-26(41)15-7-14(30)8-16(31)20(15)32)46-28(42)29(36)22(34)18(12(5)37)21(33)19(13(6)38)23(29)35/h7-8,17,22,27H,1,3,9,36H2,2,4-6H3. The van der Waals surface area contributed by atoms with Gasteiger partial charge in [-0.25, -0.2) is 19.2 Å². The molecular weight excluding hydrogens is 1280 g/mol. The predicted octanol–water partition coefficient (Wildman–Crippen LogP) is 6.20. The Bertz CT molecular complexity index is 1620. The van der Waals surface area contributed by atoms with Crippen molar-refractivity contribution in [2.24, 2.45) is 5.73 Å². The van der Waals surface area contributed by atoms with Gasteiger partial charge in [0.05, 0.1) is 9.49 Å². The number of hydrogen-bond donors (Lipinski definition) is 1. The first kappa shape index (κ1) is 41.9. The fourth-order valence-electron chi connectivity index (χ4n) is 3.66. The molecule has 4 atom stereocenters. The molecule has 248 valence electrons. The van der Waals surface area contributed by atoms with E-state index >= 15 is 0 Å². The number of ether oxygens (including phenoxy) is 4. The van der Waals surface area contributed by atoms with Gasteiger partial charge in [-0.2, -0.15) is 0 Å². The molecule has 4 unspecified atom stereocenters. The lowest BCUT2D eigenvalue weighted by atomic mass is 9.82. The largest absolute Gasteiger partial charge is 0.458 e. The molecule has 11 nitrogen and oxygen atoms in total. The summed E-state index contributed by atoms with van der Waals surface area (Å²) in [6.07, 6.45) is -3.75. The first-order chi connectivity index (χ1) is 21.2. The van der Waals surface area contributed by atoms with Crippen molar-refractivity contribution in [2.75, 3.05) is 6.61 Å². The Morgan fingerprint density at radius 1 is 0.870 bits per heavy atom. The number of nitrogens with two attached hydrogens (primary N) is 1. The maximum absolute atomic E-state index is 14.1. The Morgan fingerprint density at radius 3 is 1.93 bits per heavy atom. The molecule has 46 heavy (non-hydrogen) atoms. The molecule has 0 radical (unpaired) electrons. The fourth-order valence-corrected chi connectivity index (χ4v) is 11.6. The van der Waals surface area contributed by atoms with Gasteiger partial charge in [-0.1, -0.05) is 35.7 Å². The Labute approximate surface area is 346 Å². The highest BCUT2D eigenvalue weighted by atomic mass is 127. The van der Waals surface area contributed by atoms with E-state index in [1.54, 1.807) is 28.7 Å². The predicted molar refractivity (Wildman–Crippen MR) is 219 cm³/mol. The number of carbonyl (C=O) groups excluding carboxylic acids is 6. The number of hydrogen-bond acceptors (Lipinski definition) is 11. The molecule has 0 spiro atoms. The minimum Gasteiger partial charge on any atom is -0.458 e. The monoisotopic (exact) mass is 1310 g/mol. The number of Topliss-reactive ketones (excluding diaryl/α,β-unsaturated/α-hetero) is 2. The van der Waals surface area contributed by atoms with Crippen LogP contribution in [-0.4, -0.2) is 63.9 Å². The second-order valence-corrected chi connectivity index (χ2v) is 16.7. The third kappa shape index (κ3) is 9.70. The molecule has 1 aromatic carbocycles. The van der Waals surface area contributed by atoms with Crippen LogP contribution in [0.25, 0.3) is 0 Å². The number of allylic oxidation sites excluding steroid dienone is 2. The number of benzene rings is 1. The lowest BCUT2D eigenvalue weighted by Crippen LogP contribution is -2.60. The molecule has 1 aliphatic rings. The van der Waals surface area contributed by atoms with E-state index < -0.39 is 63.9 Å². The highest BCUT2D eigenvalue weighted by Gasteiger charge is 2.54. The van der Waals surface area contributed by atoms with E-state index in [2.05, 4.69) is 13.2 Å². The molecule has 2 rings (SSSR count). The normalized spacial score (nSPS) is 19.1. The van der Waals surface area contributed by atoms with E-state index in [-0.39, 0.29) is 31.4 Å². The molecule has 0 fully saturated rings. The number of alkyl halides is 1. The van der Waals surface area contributed by atoms with Crippen molar-refractivity contribution in [1.82, 2.24) is 0 Å². The molecule has 0 bridgehead atoms.